The van der Waals surface area contributed by atoms with Gasteiger partial charge in [-0.05, 0) is 6.07 Å². The second-order valence-electron chi connectivity index (χ2n) is 2.22. The standard InChI is InChI=1S/C8H5ClF2O.H2O/c9-7-4-2-1-3-6(7)8(10,11)5-12;/h1-5H;1H2. The third-order valence-electron chi connectivity index (χ3n) is 1.38. The molecular formula is C8H7ClF2O2. The van der Waals surface area contributed by atoms with Crippen molar-refractivity contribution in [3.8, 4) is 0 Å². The summed E-state index contributed by atoms with van der Waals surface area (Å²) in [6.45, 7) is 0. The predicted molar refractivity (Wildman–Crippen MR) is 45.0 cm³/mol. The van der Waals surface area contributed by atoms with Crippen molar-refractivity contribution < 1.29 is 19.1 Å². The Morgan fingerprint density at radius 3 is 2.31 bits per heavy atom. The van der Waals surface area contributed by atoms with Gasteiger partial charge in [0.15, 0.2) is 6.29 Å². The predicted octanol–water partition coefficient (Wildman–Crippen LogP) is 1.81. The first-order chi connectivity index (χ1) is 5.58. The fraction of sp³-hybridized carbons (Fsp3) is 0.125. The first kappa shape index (κ1) is 12.0. The molecule has 1 aromatic rings. The lowest BCUT2D eigenvalue weighted by molar-refractivity contribution is -0.130. The van der Waals surface area contributed by atoms with E-state index in [1.54, 1.807) is 0 Å². The highest BCUT2D eigenvalue weighted by Crippen LogP contribution is 2.30. The second kappa shape index (κ2) is 4.30. The zero-order valence-corrected chi connectivity index (χ0v) is 7.18. The van der Waals surface area contributed by atoms with Gasteiger partial charge < -0.3 is 5.48 Å². The zero-order chi connectivity index (χ0) is 9.19. The number of carbonyl (C=O) groups is 1. The quantitative estimate of drug-likeness (QED) is 0.684. The van der Waals surface area contributed by atoms with Crippen LogP contribution < -0.4 is 0 Å². The molecule has 0 radical (unpaired) electrons. The van der Waals surface area contributed by atoms with Gasteiger partial charge in [-0.1, -0.05) is 29.8 Å². The Bertz CT molecular complexity index is 302. The van der Waals surface area contributed by atoms with Crippen LogP contribution in [0.15, 0.2) is 24.3 Å². The maximum Gasteiger partial charge on any atom is 0.329 e. The summed E-state index contributed by atoms with van der Waals surface area (Å²) in [6.07, 6.45) is -0.422. The van der Waals surface area contributed by atoms with Gasteiger partial charge in [0.2, 0.25) is 0 Å². The molecule has 5 heteroatoms. The number of rotatable bonds is 2. The van der Waals surface area contributed by atoms with Crippen molar-refractivity contribution in [3.05, 3.63) is 34.9 Å². The summed E-state index contributed by atoms with van der Waals surface area (Å²) in [5.74, 6) is -3.49. The van der Waals surface area contributed by atoms with Crippen LogP contribution in [0.5, 0.6) is 0 Å². The smallest absolute Gasteiger partial charge is 0.329 e. The second-order valence-corrected chi connectivity index (χ2v) is 2.63. The molecule has 2 nitrogen and oxygen atoms in total. The van der Waals surface area contributed by atoms with Crippen molar-refractivity contribution in [2.24, 2.45) is 0 Å². The normalized spacial score (nSPS) is 10.4. The van der Waals surface area contributed by atoms with Crippen molar-refractivity contribution in [1.29, 1.82) is 0 Å². The highest BCUT2D eigenvalue weighted by molar-refractivity contribution is 6.31. The van der Waals surface area contributed by atoms with E-state index in [2.05, 4.69) is 0 Å². The first-order valence-electron chi connectivity index (χ1n) is 3.17. The summed E-state index contributed by atoms with van der Waals surface area (Å²) in [4.78, 5) is 9.97. The first-order valence-corrected chi connectivity index (χ1v) is 3.55. The molecule has 0 spiro atoms. The molecule has 1 aromatic carbocycles. The van der Waals surface area contributed by atoms with Crippen molar-refractivity contribution >= 4 is 17.9 Å². The molecule has 0 saturated heterocycles. The molecule has 2 N–H and O–H groups in total. The molecule has 0 bridgehead atoms. The molecule has 0 heterocycles. The van der Waals surface area contributed by atoms with Crippen LogP contribution in [-0.4, -0.2) is 11.8 Å². The van der Waals surface area contributed by atoms with Crippen molar-refractivity contribution in [3.63, 3.8) is 0 Å². The Hall–Kier alpha value is -1.00. The van der Waals surface area contributed by atoms with E-state index in [-0.39, 0.29) is 10.5 Å². The summed E-state index contributed by atoms with van der Waals surface area (Å²) in [7, 11) is 0. The minimum Gasteiger partial charge on any atom is -0.412 e. The molecule has 72 valence electrons. The van der Waals surface area contributed by atoms with E-state index in [4.69, 9.17) is 11.6 Å². The number of alkyl halides is 2. The number of hydrogen-bond acceptors (Lipinski definition) is 1. The highest BCUT2D eigenvalue weighted by atomic mass is 35.5. The van der Waals surface area contributed by atoms with Crippen LogP contribution in [-0.2, 0) is 10.7 Å². The number of carbonyl (C=O) groups excluding carboxylic acids is 1. The summed E-state index contributed by atoms with van der Waals surface area (Å²) in [6, 6.07) is 5.36. The molecule has 0 unspecified atom stereocenters. The van der Waals surface area contributed by atoms with E-state index in [1.165, 1.54) is 18.2 Å². The van der Waals surface area contributed by atoms with Crippen molar-refractivity contribution in [2.75, 3.05) is 0 Å². The van der Waals surface area contributed by atoms with Gasteiger partial charge in [-0.2, -0.15) is 8.78 Å². The van der Waals surface area contributed by atoms with E-state index >= 15 is 0 Å². The molecule has 0 saturated carbocycles. The molecule has 1 rings (SSSR count). The average molecular weight is 209 g/mol. The molecule has 0 aliphatic heterocycles. The van der Waals surface area contributed by atoms with Crippen LogP contribution in [0.1, 0.15) is 5.56 Å². The number of aldehydes is 1. The summed E-state index contributed by atoms with van der Waals surface area (Å²) in [5.41, 5.74) is -0.457. The lowest BCUT2D eigenvalue weighted by Gasteiger charge is -2.09. The summed E-state index contributed by atoms with van der Waals surface area (Å²) in [5, 5.41) is -0.102. The minimum atomic E-state index is -3.49. The van der Waals surface area contributed by atoms with Gasteiger partial charge in [-0.3, -0.25) is 4.79 Å². The van der Waals surface area contributed by atoms with Gasteiger partial charge >= 0.3 is 5.92 Å². The van der Waals surface area contributed by atoms with Crippen LogP contribution in [0.3, 0.4) is 0 Å². The van der Waals surface area contributed by atoms with Crippen molar-refractivity contribution in [2.45, 2.75) is 5.92 Å². The van der Waals surface area contributed by atoms with Gasteiger partial charge in [-0.15, -0.1) is 0 Å². The van der Waals surface area contributed by atoms with E-state index < -0.39 is 17.8 Å². The summed E-state index contributed by atoms with van der Waals surface area (Å²) >= 11 is 5.45. The minimum absolute atomic E-state index is 0. The topological polar surface area (TPSA) is 48.6 Å². The Labute approximate surface area is 78.4 Å². The van der Waals surface area contributed by atoms with Gasteiger partial charge in [-0.25, -0.2) is 0 Å². The number of halogens is 3. The fourth-order valence-corrected chi connectivity index (χ4v) is 1.06. The third-order valence-corrected chi connectivity index (χ3v) is 1.71. The zero-order valence-electron chi connectivity index (χ0n) is 6.43. The molecule has 13 heavy (non-hydrogen) atoms. The lowest BCUT2D eigenvalue weighted by Crippen LogP contribution is -2.15. The van der Waals surface area contributed by atoms with E-state index in [0.29, 0.717) is 0 Å². The largest absolute Gasteiger partial charge is 0.412 e. The number of hydrogen-bond donors (Lipinski definition) is 0. The summed E-state index contributed by atoms with van der Waals surface area (Å²) < 4.78 is 25.4. The highest BCUT2D eigenvalue weighted by Gasteiger charge is 2.32. The molecule has 0 aliphatic rings. The van der Waals surface area contributed by atoms with Gasteiger partial charge in [0.25, 0.3) is 0 Å². The Morgan fingerprint density at radius 1 is 1.31 bits per heavy atom. The van der Waals surface area contributed by atoms with E-state index in [1.807, 2.05) is 0 Å². The number of benzene rings is 1. The SMILES string of the molecule is O.O=CC(F)(F)c1ccccc1Cl. The van der Waals surface area contributed by atoms with Gasteiger partial charge in [0.1, 0.15) is 0 Å². The van der Waals surface area contributed by atoms with Crippen LogP contribution in [0.2, 0.25) is 5.02 Å². The molecule has 0 atom stereocenters. The lowest BCUT2D eigenvalue weighted by atomic mass is 10.1. The Morgan fingerprint density at radius 2 is 1.85 bits per heavy atom. The molecular weight excluding hydrogens is 202 g/mol. The Balaban J connectivity index is 0.00000144. The monoisotopic (exact) mass is 208 g/mol. The fourth-order valence-electron chi connectivity index (χ4n) is 0.795. The van der Waals surface area contributed by atoms with Gasteiger partial charge in [0, 0.05) is 5.56 Å². The van der Waals surface area contributed by atoms with Gasteiger partial charge in [0.05, 0.1) is 5.02 Å². The molecule has 0 aromatic heterocycles. The molecule has 0 amide bonds. The van der Waals surface area contributed by atoms with Crippen LogP contribution in [0, 0.1) is 0 Å². The Kier molecular flexibility index (Phi) is 3.97. The van der Waals surface area contributed by atoms with Crippen LogP contribution in [0.4, 0.5) is 8.78 Å². The van der Waals surface area contributed by atoms with Crippen LogP contribution in [0.25, 0.3) is 0 Å². The maximum absolute atomic E-state index is 12.7. The molecule has 0 aliphatic carbocycles. The molecule has 0 fully saturated rings. The maximum atomic E-state index is 12.7. The average Bonchev–Trinajstić information content (AvgIpc) is 2.05. The van der Waals surface area contributed by atoms with Crippen molar-refractivity contribution in [1.82, 2.24) is 0 Å². The van der Waals surface area contributed by atoms with E-state index in [0.717, 1.165) is 6.07 Å². The third kappa shape index (κ3) is 2.47. The van der Waals surface area contributed by atoms with E-state index in [9.17, 15) is 13.6 Å². The van der Waals surface area contributed by atoms with Crippen LogP contribution >= 0.6 is 11.6 Å².